The van der Waals surface area contributed by atoms with Crippen molar-refractivity contribution < 1.29 is 107 Å². The molecule has 0 radical (unpaired) electrons. The normalized spacial score (nSPS) is 25.8. The molecule has 2 heterocycles. The number of rotatable bonds is 7. The van der Waals surface area contributed by atoms with Gasteiger partial charge in [-0.1, -0.05) is 23.0 Å². The van der Waals surface area contributed by atoms with Crippen LogP contribution in [0.3, 0.4) is 0 Å². The average Bonchev–Trinajstić information content (AvgIpc) is 3.16. The Hall–Kier alpha value is -0.324. The number of fused-ring (bicyclic) bond motifs is 1. The van der Waals surface area contributed by atoms with Crippen LogP contribution in [-0.4, -0.2) is 101 Å². The van der Waals surface area contributed by atoms with Crippen molar-refractivity contribution in [1.29, 1.82) is 0 Å². The molecule has 1 aromatic heterocycles. The van der Waals surface area contributed by atoms with E-state index in [0.29, 0.717) is 11.8 Å². The van der Waals surface area contributed by atoms with Crippen LogP contribution in [0.2, 0.25) is 0 Å². The fourth-order valence-electron chi connectivity index (χ4n) is 3.32. The molecule has 1 aliphatic rings. The monoisotopic (exact) mass is 580 g/mol. The molecule has 4 N–H and O–H groups in total. The number of ether oxygens (including phenoxy) is 2. The number of hydrogen-bond acceptors (Lipinski definition) is 14. The van der Waals surface area contributed by atoms with E-state index in [1.165, 1.54) is 25.3 Å². The van der Waals surface area contributed by atoms with E-state index in [1.54, 1.807) is 0 Å². The van der Waals surface area contributed by atoms with Crippen molar-refractivity contribution in [2.75, 3.05) is 20.0 Å². The summed E-state index contributed by atoms with van der Waals surface area (Å²) in [6, 6.07) is 4.43. The molecule has 1 fully saturated rings. The van der Waals surface area contributed by atoms with E-state index in [0.717, 1.165) is 16.4 Å². The third-order valence-electron chi connectivity index (χ3n) is 4.85. The zero-order chi connectivity index (χ0) is 25.4. The Morgan fingerprint density at radius 3 is 2.40 bits per heavy atom. The van der Waals surface area contributed by atoms with Crippen LogP contribution in [0.5, 0.6) is 5.75 Å². The van der Waals surface area contributed by atoms with Gasteiger partial charge < -0.3 is 34.5 Å². The van der Waals surface area contributed by atoms with E-state index >= 15 is 0 Å². The fraction of sp³-hybridized carbons (Fsp3) is 0.471. The summed E-state index contributed by atoms with van der Waals surface area (Å²) in [7, 11) is -7.94. The number of aliphatic hydroxyl groups is 4. The van der Waals surface area contributed by atoms with Crippen molar-refractivity contribution in [2.24, 2.45) is 5.16 Å². The first-order valence-electron chi connectivity index (χ1n) is 9.37. The van der Waals surface area contributed by atoms with Gasteiger partial charge in [0.05, 0.1) is 30.9 Å². The van der Waals surface area contributed by atoms with E-state index in [1.807, 2.05) is 0 Å². The Kier molecular flexibility index (Phi) is 10.6. The molecule has 1 aromatic carbocycles. The Morgan fingerprint density at radius 1 is 1.20 bits per heavy atom. The SMILES string of the molecule is COc1cccc2c1c(/C(=N\OS(=O)(=O)[O-])S[C@@H]1O[C@H](CO)[C@@H](O)[C@H](O)[C@H]1O)cn2S(C)(=O)=O.[K+]. The third kappa shape index (κ3) is 6.96. The van der Waals surface area contributed by atoms with Gasteiger partial charge in [0.1, 0.15) is 40.6 Å². The standard InChI is InChI=1S/C17H22N2O12S3.K/c1-29-10-5-3-4-9-12(10)8(6-19(9)33(2,24)25)16(18-31-34(26,27)28)32-17-15(23)14(22)13(21)11(7-20)30-17;/h3-6,11,13-15,17,20-23H,7H2,1-2H3,(H,26,27,28);/q;+1/p-1/b18-16+;/t11-,13-,14+,15-,17+;/m1./s1. The number of oxime groups is 1. The van der Waals surface area contributed by atoms with Crippen molar-refractivity contribution in [3.8, 4) is 5.75 Å². The van der Waals surface area contributed by atoms with Gasteiger partial charge in [-0.05, 0) is 12.1 Å². The second-order valence-electron chi connectivity index (χ2n) is 7.15. The van der Waals surface area contributed by atoms with Crippen molar-refractivity contribution in [3.63, 3.8) is 0 Å². The maximum absolute atomic E-state index is 12.3. The fourth-order valence-corrected chi connectivity index (χ4v) is 5.42. The van der Waals surface area contributed by atoms with E-state index < -0.39 is 61.9 Å². The number of aliphatic hydroxyl groups excluding tert-OH is 4. The summed E-state index contributed by atoms with van der Waals surface area (Å²) in [6.07, 6.45) is -4.51. The number of thioether (sulfide) groups is 1. The molecule has 35 heavy (non-hydrogen) atoms. The number of methoxy groups -OCH3 is 1. The number of nitrogens with zero attached hydrogens (tertiary/aromatic N) is 2. The quantitative estimate of drug-likeness (QED) is 0.0604. The van der Waals surface area contributed by atoms with Gasteiger partial charge in [-0.3, -0.25) is 4.28 Å². The molecule has 1 aliphatic heterocycles. The molecule has 1 saturated heterocycles. The molecule has 0 bridgehead atoms. The van der Waals surface area contributed by atoms with Crippen LogP contribution in [0.1, 0.15) is 5.56 Å². The first-order valence-corrected chi connectivity index (χ1v) is 13.4. The zero-order valence-electron chi connectivity index (χ0n) is 18.6. The molecule has 0 unspecified atom stereocenters. The largest absolute Gasteiger partial charge is 1.00 e. The summed E-state index contributed by atoms with van der Waals surface area (Å²) >= 11 is 0.454. The second-order valence-corrected chi connectivity index (χ2v) is 11.1. The maximum atomic E-state index is 12.3. The molecule has 0 aliphatic carbocycles. The minimum absolute atomic E-state index is 0. The van der Waals surface area contributed by atoms with Gasteiger partial charge in [0.2, 0.25) is 10.0 Å². The van der Waals surface area contributed by atoms with Gasteiger partial charge >= 0.3 is 51.4 Å². The van der Waals surface area contributed by atoms with Crippen molar-refractivity contribution in [2.45, 2.75) is 29.9 Å². The van der Waals surface area contributed by atoms with Gasteiger partial charge in [0, 0.05) is 11.8 Å². The first kappa shape index (κ1) is 30.9. The van der Waals surface area contributed by atoms with Gasteiger partial charge in [-0.2, -0.15) is 8.42 Å². The summed E-state index contributed by atoms with van der Waals surface area (Å²) < 4.78 is 73.4. The summed E-state index contributed by atoms with van der Waals surface area (Å²) in [5.74, 6) is 0.155. The predicted octanol–water partition coefficient (Wildman–Crippen LogP) is -4.87. The molecule has 0 amide bonds. The minimum Gasteiger partial charge on any atom is -0.714 e. The van der Waals surface area contributed by atoms with Gasteiger partial charge in [0.25, 0.3) is 10.4 Å². The van der Waals surface area contributed by atoms with Crippen LogP contribution < -0.4 is 56.1 Å². The summed E-state index contributed by atoms with van der Waals surface area (Å²) in [6.45, 7) is -0.735. The van der Waals surface area contributed by atoms with Gasteiger partial charge in [0.15, 0.2) is 0 Å². The van der Waals surface area contributed by atoms with Crippen LogP contribution >= 0.6 is 11.8 Å². The summed E-state index contributed by atoms with van der Waals surface area (Å²) in [4.78, 5) is 0. The number of aromatic nitrogens is 1. The molecular formula is C17H21KN2O12S3. The minimum atomic E-state index is -5.35. The zero-order valence-corrected chi connectivity index (χ0v) is 24.1. The Labute approximate surface area is 247 Å². The topological polar surface area (TPSA) is 217 Å². The predicted molar refractivity (Wildman–Crippen MR) is 117 cm³/mol. The van der Waals surface area contributed by atoms with Crippen molar-refractivity contribution in [3.05, 3.63) is 30.0 Å². The van der Waals surface area contributed by atoms with Crippen LogP contribution in [0.15, 0.2) is 29.6 Å². The molecule has 2 aromatic rings. The number of benzene rings is 1. The Morgan fingerprint density at radius 2 is 1.86 bits per heavy atom. The molecule has 190 valence electrons. The van der Waals surface area contributed by atoms with Crippen molar-refractivity contribution in [1.82, 2.24) is 3.97 Å². The van der Waals surface area contributed by atoms with Gasteiger partial charge in [-0.25, -0.2) is 12.4 Å². The molecule has 0 spiro atoms. The van der Waals surface area contributed by atoms with Gasteiger partial charge in [-0.15, -0.1) is 0 Å². The first-order chi connectivity index (χ1) is 15.8. The summed E-state index contributed by atoms with van der Waals surface area (Å²) in [5.41, 5.74) is -1.42. The average molecular weight is 581 g/mol. The third-order valence-corrected chi connectivity index (χ3v) is 7.27. The molecule has 14 nitrogen and oxygen atoms in total. The second kappa shape index (κ2) is 12.0. The molecule has 0 saturated carbocycles. The summed E-state index contributed by atoms with van der Waals surface area (Å²) in [5, 5.41) is 42.8. The van der Waals surface area contributed by atoms with Crippen LogP contribution in [0.4, 0.5) is 0 Å². The number of hydrogen-bond donors (Lipinski definition) is 4. The molecule has 5 atom stereocenters. The van der Waals surface area contributed by atoms with E-state index in [2.05, 4.69) is 9.44 Å². The van der Waals surface area contributed by atoms with Crippen LogP contribution in [0, 0.1) is 0 Å². The molecule has 3 rings (SSSR count). The van der Waals surface area contributed by atoms with E-state index in [4.69, 9.17) is 9.47 Å². The Bertz CT molecular complexity index is 1290. The van der Waals surface area contributed by atoms with E-state index in [9.17, 15) is 41.8 Å². The Balaban J connectivity index is 0.00000432. The smallest absolute Gasteiger partial charge is 0.714 e. The van der Waals surface area contributed by atoms with Crippen LogP contribution in [-0.2, 0) is 29.4 Å². The maximum Gasteiger partial charge on any atom is 1.00 e. The van der Waals surface area contributed by atoms with E-state index in [-0.39, 0.29) is 73.6 Å². The van der Waals surface area contributed by atoms with Crippen molar-refractivity contribution >= 4 is 48.1 Å². The van der Waals surface area contributed by atoms with Crippen LogP contribution in [0.25, 0.3) is 10.9 Å². The molecule has 18 heteroatoms. The molecular weight excluding hydrogens is 559 g/mol.